The van der Waals surface area contributed by atoms with E-state index in [0.29, 0.717) is 11.8 Å². The molecular weight excluding hydrogens is 292 g/mol. The first-order chi connectivity index (χ1) is 8.84. The Kier molecular flexibility index (Phi) is 2.94. The molecule has 18 heavy (non-hydrogen) atoms. The third kappa shape index (κ3) is 2.07. The second-order valence-corrected chi connectivity index (χ2v) is 4.61. The van der Waals surface area contributed by atoms with Gasteiger partial charge in [0.15, 0.2) is 0 Å². The summed E-state index contributed by atoms with van der Waals surface area (Å²) in [5.74, 6) is 1.04. The SMILES string of the molecule is Brc1ccccc1-c1nnc(-c2ccccc2)o1. The van der Waals surface area contributed by atoms with Gasteiger partial charge in [-0.2, -0.15) is 0 Å². The lowest BCUT2D eigenvalue weighted by Gasteiger charge is -1.97. The molecule has 0 aliphatic heterocycles. The molecule has 4 heteroatoms. The molecule has 0 saturated heterocycles. The van der Waals surface area contributed by atoms with E-state index >= 15 is 0 Å². The Balaban J connectivity index is 2.03. The van der Waals surface area contributed by atoms with Crippen LogP contribution in [0.25, 0.3) is 22.9 Å². The van der Waals surface area contributed by atoms with Crippen LogP contribution in [0.1, 0.15) is 0 Å². The molecule has 88 valence electrons. The van der Waals surface area contributed by atoms with Crippen LogP contribution in [-0.4, -0.2) is 10.2 Å². The van der Waals surface area contributed by atoms with Gasteiger partial charge in [0.25, 0.3) is 0 Å². The number of nitrogens with zero attached hydrogens (tertiary/aromatic N) is 2. The van der Waals surface area contributed by atoms with Gasteiger partial charge in [-0.05, 0) is 40.2 Å². The smallest absolute Gasteiger partial charge is 0.249 e. The number of benzene rings is 2. The summed E-state index contributed by atoms with van der Waals surface area (Å²) in [7, 11) is 0. The Morgan fingerprint density at radius 3 is 2.22 bits per heavy atom. The van der Waals surface area contributed by atoms with Crippen LogP contribution in [0.2, 0.25) is 0 Å². The molecule has 0 radical (unpaired) electrons. The third-order valence-electron chi connectivity index (χ3n) is 2.55. The summed E-state index contributed by atoms with van der Waals surface area (Å²) in [4.78, 5) is 0. The fourth-order valence-electron chi connectivity index (χ4n) is 1.66. The molecule has 3 nitrogen and oxygen atoms in total. The number of halogens is 1. The highest BCUT2D eigenvalue weighted by molar-refractivity contribution is 9.10. The van der Waals surface area contributed by atoms with Crippen molar-refractivity contribution in [2.24, 2.45) is 0 Å². The normalized spacial score (nSPS) is 10.5. The zero-order chi connectivity index (χ0) is 12.4. The summed E-state index contributed by atoms with van der Waals surface area (Å²) >= 11 is 3.47. The van der Waals surface area contributed by atoms with E-state index in [1.54, 1.807) is 0 Å². The maximum atomic E-state index is 5.68. The van der Waals surface area contributed by atoms with Gasteiger partial charge in [-0.25, -0.2) is 0 Å². The van der Waals surface area contributed by atoms with Gasteiger partial charge >= 0.3 is 0 Å². The zero-order valence-electron chi connectivity index (χ0n) is 9.38. The van der Waals surface area contributed by atoms with Crippen LogP contribution in [0.3, 0.4) is 0 Å². The average molecular weight is 301 g/mol. The van der Waals surface area contributed by atoms with Crippen LogP contribution >= 0.6 is 15.9 Å². The van der Waals surface area contributed by atoms with Crippen molar-refractivity contribution in [3.8, 4) is 22.9 Å². The van der Waals surface area contributed by atoms with Crippen LogP contribution in [0.5, 0.6) is 0 Å². The van der Waals surface area contributed by atoms with Crippen LogP contribution in [0, 0.1) is 0 Å². The van der Waals surface area contributed by atoms with E-state index in [-0.39, 0.29) is 0 Å². The Morgan fingerprint density at radius 2 is 1.44 bits per heavy atom. The highest BCUT2D eigenvalue weighted by Gasteiger charge is 2.11. The lowest BCUT2D eigenvalue weighted by atomic mass is 10.2. The van der Waals surface area contributed by atoms with Crippen molar-refractivity contribution < 1.29 is 4.42 Å². The van der Waals surface area contributed by atoms with Gasteiger partial charge in [-0.1, -0.05) is 30.3 Å². The van der Waals surface area contributed by atoms with Gasteiger partial charge in [0.1, 0.15) is 0 Å². The summed E-state index contributed by atoms with van der Waals surface area (Å²) in [6, 6.07) is 17.5. The molecule has 0 N–H and O–H groups in total. The summed E-state index contributed by atoms with van der Waals surface area (Å²) in [6.45, 7) is 0. The topological polar surface area (TPSA) is 38.9 Å². The quantitative estimate of drug-likeness (QED) is 0.713. The van der Waals surface area contributed by atoms with Crippen molar-refractivity contribution in [1.29, 1.82) is 0 Å². The van der Waals surface area contributed by atoms with Gasteiger partial charge < -0.3 is 4.42 Å². The van der Waals surface area contributed by atoms with Crippen molar-refractivity contribution in [2.75, 3.05) is 0 Å². The zero-order valence-corrected chi connectivity index (χ0v) is 11.0. The molecule has 3 aromatic rings. The van der Waals surface area contributed by atoms with E-state index in [2.05, 4.69) is 26.1 Å². The molecule has 2 aromatic carbocycles. The van der Waals surface area contributed by atoms with Crippen molar-refractivity contribution >= 4 is 15.9 Å². The Morgan fingerprint density at radius 1 is 0.778 bits per heavy atom. The van der Waals surface area contributed by atoms with Crippen molar-refractivity contribution in [3.63, 3.8) is 0 Å². The van der Waals surface area contributed by atoms with E-state index in [9.17, 15) is 0 Å². The molecule has 0 atom stereocenters. The predicted octanol–water partition coefficient (Wildman–Crippen LogP) is 4.17. The number of hydrogen-bond acceptors (Lipinski definition) is 3. The third-order valence-corrected chi connectivity index (χ3v) is 3.24. The molecule has 0 bridgehead atoms. The Labute approximate surface area is 113 Å². The van der Waals surface area contributed by atoms with Crippen LogP contribution < -0.4 is 0 Å². The first kappa shape index (κ1) is 11.2. The minimum atomic E-state index is 0.515. The number of aromatic nitrogens is 2. The summed E-state index contributed by atoms with van der Waals surface area (Å²) < 4.78 is 6.62. The standard InChI is InChI=1S/C14H9BrN2O/c15-12-9-5-4-8-11(12)14-17-16-13(18-14)10-6-2-1-3-7-10/h1-9H. The van der Waals surface area contributed by atoms with Crippen LogP contribution in [0.15, 0.2) is 63.5 Å². The van der Waals surface area contributed by atoms with Gasteiger partial charge in [0, 0.05) is 10.0 Å². The highest BCUT2D eigenvalue weighted by atomic mass is 79.9. The van der Waals surface area contributed by atoms with Crippen molar-refractivity contribution in [1.82, 2.24) is 10.2 Å². The first-order valence-corrected chi connectivity index (χ1v) is 6.28. The number of hydrogen-bond donors (Lipinski definition) is 0. The first-order valence-electron chi connectivity index (χ1n) is 5.48. The lowest BCUT2D eigenvalue weighted by molar-refractivity contribution is 0.584. The summed E-state index contributed by atoms with van der Waals surface area (Å²) in [6.07, 6.45) is 0. The van der Waals surface area contributed by atoms with E-state index in [1.807, 2.05) is 54.6 Å². The minimum absolute atomic E-state index is 0.515. The van der Waals surface area contributed by atoms with Crippen LogP contribution in [-0.2, 0) is 0 Å². The highest BCUT2D eigenvalue weighted by Crippen LogP contribution is 2.28. The molecule has 0 saturated carbocycles. The van der Waals surface area contributed by atoms with Gasteiger partial charge in [0.2, 0.25) is 11.8 Å². The average Bonchev–Trinajstić information content (AvgIpc) is 2.90. The molecule has 0 amide bonds. The molecule has 0 spiro atoms. The molecule has 3 rings (SSSR count). The molecule has 0 fully saturated rings. The predicted molar refractivity (Wildman–Crippen MR) is 72.9 cm³/mol. The minimum Gasteiger partial charge on any atom is -0.416 e. The molecule has 0 aliphatic rings. The number of rotatable bonds is 2. The molecular formula is C14H9BrN2O. The maximum Gasteiger partial charge on any atom is 0.249 e. The fourth-order valence-corrected chi connectivity index (χ4v) is 2.12. The van der Waals surface area contributed by atoms with E-state index in [1.165, 1.54) is 0 Å². The fraction of sp³-hybridized carbons (Fsp3) is 0. The van der Waals surface area contributed by atoms with E-state index < -0.39 is 0 Å². The Hall–Kier alpha value is -1.94. The summed E-state index contributed by atoms with van der Waals surface area (Å²) in [5.41, 5.74) is 1.82. The van der Waals surface area contributed by atoms with E-state index in [4.69, 9.17) is 4.42 Å². The molecule has 1 heterocycles. The van der Waals surface area contributed by atoms with Gasteiger partial charge in [-0.15, -0.1) is 10.2 Å². The van der Waals surface area contributed by atoms with Crippen molar-refractivity contribution in [2.45, 2.75) is 0 Å². The second kappa shape index (κ2) is 4.74. The van der Waals surface area contributed by atoms with Gasteiger partial charge in [-0.3, -0.25) is 0 Å². The second-order valence-electron chi connectivity index (χ2n) is 3.76. The van der Waals surface area contributed by atoms with Crippen molar-refractivity contribution in [3.05, 3.63) is 59.1 Å². The molecule has 0 aliphatic carbocycles. The maximum absolute atomic E-state index is 5.68. The molecule has 1 aromatic heterocycles. The van der Waals surface area contributed by atoms with Crippen LogP contribution in [0.4, 0.5) is 0 Å². The molecule has 0 unspecified atom stereocenters. The Bertz CT molecular complexity index is 664. The van der Waals surface area contributed by atoms with Gasteiger partial charge in [0.05, 0.1) is 5.56 Å². The largest absolute Gasteiger partial charge is 0.416 e. The summed E-state index contributed by atoms with van der Waals surface area (Å²) in [5, 5.41) is 8.14. The monoisotopic (exact) mass is 300 g/mol. The van der Waals surface area contributed by atoms with E-state index in [0.717, 1.165) is 15.6 Å². The lowest BCUT2D eigenvalue weighted by Crippen LogP contribution is -1.78.